The van der Waals surface area contributed by atoms with Gasteiger partial charge in [0.25, 0.3) is 0 Å². The van der Waals surface area contributed by atoms with E-state index in [9.17, 15) is 50.9 Å². The molecule has 3 aromatic rings. The van der Waals surface area contributed by atoms with Gasteiger partial charge in [0.1, 0.15) is 0 Å². The zero-order valence-electron chi connectivity index (χ0n) is 21.3. The number of carbonyl (C=O) groups is 3. The fraction of sp³-hybridized carbons (Fsp3) is 0.222. The summed E-state index contributed by atoms with van der Waals surface area (Å²) in [5.41, 5.74) is -5.59. The number of nitrogens with zero attached hydrogens (tertiary/aromatic N) is 2. The van der Waals surface area contributed by atoms with Crippen molar-refractivity contribution in [2.45, 2.75) is 17.2 Å². The van der Waals surface area contributed by atoms with Gasteiger partial charge in [-0.3, -0.25) is 14.6 Å². The van der Waals surface area contributed by atoms with Gasteiger partial charge in [0.05, 0.1) is 32.2 Å². The maximum absolute atomic E-state index is 14.2. The maximum atomic E-state index is 14.2. The second-order valence-electron chi connectivity index (χ2n) is 9.47. The molecule has 3 aromatic carbocycles. The van der Waals surface area contributed by atoms with Crippen LogP contribution in [0.5, 0.6) is 0 Å². The van der Waals surface area contributed by atoms with Crippen LogP contribution in [0.15, 0.2) is 65.6 Å². The van der Waals surface area contributed by atoms with Gasteiger partial charge < -0.3 is 10.2 Å². The molecule has 0 bridgehead atoms. The Kier molecular flexibility index (Phi) is 8.87. The van der Waals surface area contributed by atoms with Crippen molar-refractivity contribution in [1.82, 2.24) is 0 Å². The molecule has 2 amide bonds. The summed E-state index contributed by atoms with van der Waals surface area (Å²) in [6, 6.07) is 9.37. The third-order valence-electron chi connectivity index (χ3n) is 6.62. The minimum Gasteiger partial charge on any atom is -0.465 e. The highest BCUT2D eigenvalue weighted by molar-refractivity contribution is 7.99. The molecule has 0 atom stereocenters. The molecule has 0 saturated heterocycles. The van der Waals surface area contributed by atoms with Crippen LogP contribution in [0.25, 0.3) is 0 Å². The van der Waals surface area contributed by atoms with Crippen molar-refractivity contribution < 1.29 is 50.9 Å². The maximum Gasteiger partial charge on any atom is 0.416 e. The Morgan fingerprint density at radius 2 is 1.28 bits per heavy atom. The lowest BCUT2D eigenvalue weighted by atomic mass is 9.79. The Balaban J connectivity index is 1.89. The Hall–Kier alpha value is -3.62. The number of carbonyl (C=O) groups excluding carboxylic acids is 1. The summed E-state index contributed by atoms with van der Waals surface area (Å²) in [6.07, 6.45) is -13.2. The van der Waals surface area contributed by atoms with E-state index in [0.29, 0.717) is 39.0 Å². The molecule has 43 heavy (non-hydrogen) atoms. The van der Waals surface area contributed by atoms with Crippen molar-refractivity contribution in [2.24, 2.45) is 5.41 Å². The van der Waals surface area contributed by atoms with E-state index in [1.165, 1.54) is 12.1 Å². The lowest BCUT2D eigenvalue weighted by Gasteiger charge is -2.41. The van der Waals surface area contributed by atoms with Crippen molar-refractivity contribution in [2.75, 3.05) is 28.6 Å². The highest BCUT2D eigenvalue weighted by Gasteiger charge is 2.49. The van der Waals surface area contributed by atoms with Crippen molar-refractivity contribution in [3.05, 3.63) is 87.4 Å². The molecule has 1 aliphatic heterocycles. The molecular weight excluding hydrogens is 649 g/mol. The number of halogens is 8. The first-order valence-electron chi connectivity index (χ1n) is 12.0. The minimum absolute atomic E-state index is 0.0638. The highest BCUT2D eigenvalue weighted by Crippen LogP contribution is 2.47. The van der Waals surface area contributed by atoms with E-state index in [1.807, 2.05) is 0 Å². The summed E-state index contributed by atoms with van der Waals surface area (Å²) in [5, 5.41) is 19.8. The van der Waals surface area contributed by atoms with Crippen LogP contribution in [0, 0.1) is 5.41 Å². The van der Waals surface area contributed by atoms with Gasteiger partial charge in [0, 0.05) is 35.1 Å². The summed E-state index contributed by atoms with van der Waals surface area (Å²) in [4.78, 5) is 40.2. The first kappa shape index (κ1) is 32.3. The largest absolute Gasteiger partial charge is 0.465 e. The number of benzene rings is 3. The second kappa shape index (κ2) is 11.8. The third-order valence-corrected chi connectivity index (χ3v) is 8.78. The van der Waals surface area contributed by atoms with Crippen LogP contribution in [-0.4, -0.2) is 47.0 Å². The zero-order valence-corrected chi connectivity index (χ0v) is 23.7. The molecule has 0 aliphatic carbocycles. The first-order chi connectivity index (χ1) is 19.9. The molecule has 7 nitrogen and oxygen atoms in total. The number of rotatable bonds is 6. The summed E-state index contributed by atoms with van der Waals surface area (Å²) in [5.74, 6) is -1.22. The second-order valence-corrected chi connectivity index (χ2v) is 11.3. The van der Waals surface area contributed by atoms with Crippen LogP contribution in [-0.2, 0) is 12.4 Å². The van der Waals surface area contributed by atoms with Gasteiger partial charge in [-0.1, -0.05) is 35.3 Å². The number of anilines is 2. The lowest BCUT2D eigenvalue weighted by Crippen LogP contribution is -2.55. The quantitative estimate of drug-likeness (QED) is 0.256. The molecule has 0 aromatic heterocycles. The number of carboxylic acid groups (broad SMARTS) is 2. The fourth-order valence-electron chi connectivity index (χ4n) is 4.54. The smallest absolute Gasteiger partial charge is 0.416 e. The van der Waals surface area contributed by atoms with Crippen LogP contribution in [0.1, 0.15) is 21.5 Å². The first-order valence-corrected chi connectivity index (χ1v) is 13.7. The van der Waals surface area contributed by atoms with Gasteiger partial charge in [0.2, 0.25) is 0 Å². The van der Waals surface area contributed by atoms with Gasteiger partial charge in [0.15, 0.2) is 5.78 Å². The molecule has 228 valence electrons. The third kappa shape index (κ3) is 6.65. The molecule has 0 unspecified atom stereocenters. The average molecular weight is 667 g/mol. The van der Waals surface area contributed by atoms with E-state index >= 15 is 0 Å². The SMILES string of the molecule is O=C(O)N(CC1(CN(C(=O)O)c2cccc(C(F)(F)F)c2)CSc2ccc(Cl)c(Cl)c2C1=O)c1cccc(C(F)(F)F)c1. The van der Waals surface area contributed by atoms with Gasteiger partial charge in [-0.2, -0.15) is 26.3 Å². The Labute approximate surface area is 253 Å². The number of ketones is 1. The van der Waals surface area contributed by atoms with Crippen molar-refractivity contribution in [1.29, 1.82) is 0 Å². The predicted octanol–water partition coefficient (Wildman–Crippen LogP) is 8.68. The zero-order chi connectivity index (χ0) is 31.9. The predicted molar refractivity (Wildman–Crippen MR) is 148 cm³/mol. The molecule has 0 saturated carbocycles. The molecule has 1 heterocycles. The molecule has 4 rings (SSSR count). The molecular formula is C27H18Cl2F6N2O5S. The number of Topliss-reactive ketones (excluding diaryl/α,β-unsaturated/α-hetero) is 1. The standard InChI is InChI=1S/C27H18Cl2F6N2O5S/c28-18-7-8-19-20(21(18)29)22(38)25(13-43-19,11-36(23(39)40)16-5-1-3-14(9-16)26(30,31)32)12-37(24(41)42)17-6-2-4-15(10-17)27(33,34)35/h1-10H,11-13H2,(H,39,40)(H,41,42). The van der Waals surface area contributed by atoms with Crippen molar-refractivity contribution in [3.8, 4) is 0 Å². The van der Waals surface area contributed by atoms with Crippen LogP contribution < -0.4 is 9.80 Å². The van der Waals surface area contributed by atoms with E-state index in [0.717, 1.165) is 36.0 Å². The lowest BCUT2D eigenvalue weighted by molar-refractivity contribution is -0.138. The van der Waals surface area contributed by atoms with Crippen LogP contribution in [0.3, 0.4) is 0 Å². The average Bonchev–Trinajstić information content (AvgIpc) is 2.93. The molecule has 1 aliphatic rings. The highest BCUT2D eigenvalue weighted by atomic mass is 35.5. The molecule has 0 radical (unpaired) electrons. The van der Waals surface area contributed by atoms with Crippen LogP contribution >= 0.6 is 35.0 Å². The minimum atomic E-state index is -4.85. The summed E-state index contributed by atoms with van der Waals surface area (Å²) < 4.78 is 80.6. The van der Waals surface area contributed by atoms with Crippen LogP contribution in [0.4, 0.5) is 47.3 Å². The van der Waals surface area contributed by atoms with Gasteiger partial charge in [-0.15, -0.1) is 11.8 Å². The molecule has 0 fully saturated rings. The molecule has 16 heteroatoms. The number of thioether (sulfide) groups is 1. The van der Waals surface area contributed by atoms with Gasteiger partial charge in [-0.25, -0.2) is 9.59 Å². The topological polar surface area (TPSA) is 98.2 Å². The summed E-state index contributed by atoms with van der Waals surface area (Å²) >= 11 is 13.4. The number of amides is 2. The van der Waals surface area contributed by atoms with Crippen molar-refractivity contribution in [3.63, 3.8) is 0 Å². The van der Waals surface area contributed by atoms with E-state index in [1.54, 1.807) is 0 Å². The van der Waals surface area contributed by atoms with E-state index in [4.69, 9.17) is 23.2 Å². The Morgan fingerprint density at radius 3 is 1.70 bits per heavy atom. The van der Waals surface area contributed by atoms with E-state index in [-0.39, 0.29) is 21.4 Å². The van der Waals surface area contributed by atoms with Crippen molar-refractivity contribution >= 4 is 64.3 Å². The fourth-order valence-corrected chi connectivity index (χ4v) is 6.25. The number of fused-ring (bicyclic) bond motifs is 1. The summed E-state index contributed by atoms with van der Waals surface area (Å²) in [7, 11) is 0. The molecule has 0 spiro atoms. The van der Waals surface area contributed by atoms with Crippen LogP contribution in [0.2, 0.25) is 10.0 Å². The van der Waals surface area contributed by atoms with Gasteiger partial charge >= 0.3 is 24.5 Å². The number of alkyl halides is 6. The van der Waals surface area contributed by atoms with E-state index < -0.39 is 71.3 Å². The number of hydrogen-bond donors (Lipinski definition) is 2. The number of hydrogen-bond acceptors (Lipinski definition) is 4. The Bertz CT molecular complexity index is 1520. The van der Waals surface area contributed by atoms with E-state index in [2.05, 4.69) is 0 Å². The Morgan fingerprint density at radius 1 is 0.814 bits per heavy atom. The normalized spacial score (nSPS) is 14.7. The monoisotopic (exact) mass is 666 g/mol. The summed E-state index contributed by atoms with van der Waals surface area (Å²) in [6.45, 7) is -1.78. The van der Waals surface area contributed by atoms with Gasteiger partial charge in [-0.05, 0) is 48.5 Å². The molecule has 2 N–H and O–H groups in total.